The summed E-state index contributed by atoms with van der Waals surface area (Å²) in [5.41, 5.74) is 3.72. The average molecular weight is 652 g/mol. The van der Waals surface area contributed by atoms with Gasteiger partial charge in [0, 0.05) is 55.4 Å². The number of aryl methyl sites for hydroxylation is 2. The molecule has 0 radical (unpaired) electrons. The van der Waals surface area contributed by atoms with Gasteiger partial charge in [-0.1, -0.05) is 29.4 Å². The highest BCUT2D eigenvalue weighted by molar-refractivity contribution is 6.07. The van der Waals surface area contributed by atoms with E-state index >= 15 is 0 Å². The first-order chi connectivity index (χ1) is 23.3. The van der Waals surface area contributed by atoms with Gasteiger partial charge >= 0.3 is 0 Å². The molecule has 248 valence electrons. The van der Waals surface area contributed by atoms with Gasteiger partial charge in [-0.15, -0.1) is 0 Å². The normalized spacial score (nSPS) is 17.1. The highest BCUT2D eigenvalue weighted by Gasteiger charge is 2.26. The van der Waals surface area contributed by atoms with E-state index in [4.69, 9.17) is 4.52 Å². The van der Waals surface area contributed by atoms with Crippen LogP contribution in [0.25, 0.3) is 22.0 Å². The van der Waals surface area contributed by atoms with E-state index in [1.807, 2.05) is 30.5 Å². The molecule has 14 heteroatoms. The fourth-order valence-electron chi connectivity index (χ4n) is 5.81. The van der Waals surface area contributed by atoms with Gasteiger partial charge in [0.25, 0.3) is 17.5 Å². The Kier molecular flexibility index (Phi) is 9.60. The van der Waals surface area contributed by atoms with Crippen LogP contribution in [0.1, 0.15) is 50.6 Å². The van der Waals surface area contributed by atoms with Crippen molar-refractivity contribution in [1.29, 1.82) is 0 Å². The zero-order chi connectivity index (χ0) is 33.6. The largest absolute Gasteiger partial charge is 0.368 e. The zero-order valence-corrected chi connectivity index (χ0v) is 26.8. The molecular weight excluding hydrogens is 614 g/mol. The zero-order valence-electron chi connectivity index (χ0n) is 26.8. The van der Waals surface area contributed by atoms with Crippen molar-refractivity contribution in [3.05, 3.63) is 82.9 Å². The summed E-state index contributed by atoms with van der Waals surface area (Å²) in [5.74, 6) is -1.07. The number of anilines is 1. The van der Waals surface area contributed by atoms with Gasteiger partial charge in [0.2, 0.25) is 11.8 Å². The van der Waals surface area contributed by atoms with E-state index in [0.29, 0.717) is 54.1 Å². The number of amides is 4. The number of H-pyrrole nitrogens is 1. The molecule has 4 amide bonds. The minimum Gasteiger partial charge on any atom is -0.368 e. The van der Waals surface area contributed by atoms with Crippen molar-refractivity contribution in [3.8, 4) is 0 Å². The molecule has 14 nitrogen and oxygen atoms in total. The molecular formula is C34H37N9O5. The van der Waals surface area contributed by atoms with E-state index in [2.05, 4.69) is 41.4 Å². The van der Waals surface area contributed by atoms with Crippen LogP contribution in [0.5, 0.6) is 0 Å². The van der Waals surface area contributed by atoms with E-state index < -0.39 is 11.9 Å². The quantitative estimate of drug-likeness (QED) is 0.195. The number of aromatic nitrogens is 4. The minimum absolute atomic E-state index is 0.149. The molecule has 0 saturated heterocycles. The summed E-state index contributed by atoms with van der Waals surface area (Å²) in [6, 6.07) is 13.6. The number of rotatable bonds is 3. The van der Waals surface area contributed by atoms with Gasteiger partial charge in [-0.3, -0.25) is 19.2 Å². The number of nitrogens with zero attached hydrogens (tertiary/aromatic N) is 4. The van der Waals surface area contributed by atoms with E-state index in [0.717, 1.165) is 16.5 Å². The average Bonchev–Trinajstić information content (AvgIpc) is 3.67. The molecule has 1 aliphatic heterocycles. The van der Waals surface area contributed by atoms with E-state index in [9.17, 15) is 19.2 Å². The fraction of sp³-hybridized carbons (Fsp3) is 0.324. The Hall–Kier alpha value is -5.79. The van der Waals surface area contributed by atoms with Crippen molar-refractivity contribution in [2.24, 2.45) is 0 Å². The van der Waals surface area contributed by atoms with Crippen LogP contribution in [0.4, 0.5) is 5.82 Å². The summed E-state index contributed by atoms with van der Waals surface area (Å²) in [4.78, 5) is 67.3. The van der Waals surface area contributed by atoms with Crippen LogP contribution in [0.2, 0.25) is 0 Å². The Labute approximate surface area is 276 Å². The predicted octanol–water partition coefficient (Wildman–Crippen LogP) is 2.64. The van der Waals surface area contributed by atoms with Crippen LogP contribution in [-0.4, -0.2) is 87.4 Å². The minimum atomic E-state index is -0.874. The van der Waals surface area contributed by atoms with Gasteiger partial charge in [0.1, 0.15) is 17.6 Å². The fourth-order valence-corrected chi connectivity index (χ4v) is 5.81. The molecule has 1 aromatic carbocycles. The van der Waals surface area contributed by atoms with Crippen molar-refractivity contribution >= 4 is 51.4 Å². The second-order valence-corrected chi connectivity index (χ2v) is 11.8. The first-order valence-electron chi connectivity index (χ1n) is 15.9. The summed E-state index contributed by atoms with van der Waals surface area (Å²) in [5, 5.41) is 17.2. The third-order valence-corrected chi connectivity index (χ3v) is 8.21. The topological polar surface area (TPSA) is 187 Å². The van der Waals surface area contributed by atoms with Gasteiger partial charge in [-0.25, -0.2) is 9.97 Å². The van der Waals surface area contributed by atoms with Crippen LogP contribution in [0, 0.1) is 13.8 Å². The summed E-state index contributed by atoms with van der Waals surface area (Å²) < 4.78 is 5.32. The molecule has 0 spiro atoms. The number of pyridine rings is 2. The number of para-hydroxylation sites is 1. The molecule has 5 heterocycles. The molecule has 5 N–H and O–H groups in total. The second kappa shape index (κ2) is 14.3. The number of fused-ring (bicyclic) bond motifs is 4. The molecule has 0 aliphatic carbocycles. The lowest BCUT2D eigenvalue weighted by atomic mass is 10.0. The van der Waals surface area contributed by atoms with E-state index in [1.54, 1.807) is 38.1 Å². The summed E-state index contributed by atoms with van der Waals surface area (Å²) in [6.07, 6.45) is 3.14. The molecule has 5 aromatic rings. The molecule has 6 rings (SSSR count). The summed E-state index contributed by atoms with van der Waals surface area (Å²) >= 11 is 0. The Morgan fingerprint density at radius 2 is 1.79 bits per heavy atom. The maximum atomic E-state index is 13.9. The Morgan fingerprint density at radius 3 is 2.67 bits per heavy atom. The number of benzene rings is 1. The lowest BCUT2D eigenvalue weighted by Crippen LogP contribution is -2.48. The number of hydrogen-bond acceptors (Lipinski definition) is 9. The Morgan fingerprint density at radius 1 is 0.958 bits per heavy atom. The molecule has 1 atom stereocenters. The molecule has 48 heavy (non-hydrogen) atoms. The van der Waals surface area contributed by atoms with Gasteiger partial charge in [-0.2, -0.15) is 0 Å². The van der Waals surface area contributed by atoms with Crippen molar-refractivity contribution in [2.75, 3.05) is 38.0 Å². The van der Waals surface area contributed by atoms with Crippen molar-refractivity contribution in [3.63, 3.8) is 0 Å². The van der Waals surface area contributed by atoms with Gasteiger partial charge in [0.15, 0.2) is 0 Å². The highest BCUT2D eigenvalue weighted by atomic mass is 16.5. The lowest BCUT2D eigenvalue weighted by Gasteiger charge is -2.23. The number of carbonyl (C=O) groups is 4. The van der Waals surface area contributed by atoms with Crippen LogP contribution < -0.4 is 21.3 Å². The molecule has 2 bridgehead atoms. The van der Waals surface area contributed by atoms with E-state index in [-0.39, 0.29) is 55.2 Å². The van der Waals surface area contributed by atoms with Gasteiger partial charge in [-0.05, 0) is 56.5 Å². The van der Waals surface area contributed by atoms with Crippen molar-refractivity contribution < 1.29 is 23.7 Å². The van der Waals surface area contributed by atoms with Crippen LogP contribution in [-0.2, 0) is 16.0 Å². The van der Waals surface area contributed by atoms with Crippen molar-refractivity contribution in [1.82, 2.24) is 41.0 Å². The van der Waals surface area contributed by atoms with E-state index in [1.165, 1.54) is 4.90 Å². The van der Waals surface area contributed by atoms with Gasteiger partial charge in [0.05, 0.1) is 23.2 Å². The number of aromatic amines is 1. The summed E-state index contributed by atoms with van der Waals surface area (Å²) in [6.45, 7) is 4.48. The molecule has 0 unspecified atom stereocenters. The third-order valence-electron chi connectivity index (χ3n) is 8.21. The second-order valence-electron chi connectivity index (χ2n) is 11.8. The maximum Gasteiger partial charge on any atom is 0.270 e. The molecule has 1 aliphatic rings. The van der Waals surface area contributed by atoms with Crippen LogP contribution in [0.3, 0.4) is 0 Å². The highest BCUT2D eigenvalue weighted by Crippen LogP contribution is 2.24. The standard InChI is InChI=1S/C34H37N9O5/c1-20-16-24(30-21(2)42-48-33(30)39-20)34(47)43-15-6-5-12-37-31(45)27(17-22-18-38-25-9-4-3-8-23(22)25)41-32(46)26-10-7-11-28(40-26)35-13-14-36-29(44)19-43/h3-4,7-11,16,18,27,38H,5-6,12-15,17,19H2,1-2H3,(H,35,40)(H,36,44)(H,37,45)(H,41,46)/t27-/m0/s1. The Bertz CT molecular complexity index is 1980. The molecule has 0 fully saturated rings. The van der Waals surface area contributed by atoms with Crippen LogP contribution >= 0.6 is 0 Å². The smallest absolute Gasteiger partial charge is 0.270 e. The molecule has 0 saturated carbocycles. The summed E-state index contributed by atoms with van der Waals surface area (Å²) in [7, 11) is 0. The van der Waals surface area contributed by atoms with Crippen LogP contribution in [0.15, 0.2) is 59.3 Å². The van der Waals surface area contributed by atoms with Gasteiger partial charge < -0.3 is 35.7 Å². The first kappa shape index (κ1) is 32.2. The lowest BCUT2D eigenvalue weighted by molar-refractivity contribution is -0.123. The monoisotopic (exact) mass is 651 g/mol. The number of hydrogen-bond donors (Lipinski definition) is 5. The number of nitrogens with one attached hydrogen (secondary N) is 5. The first-order valence-corrected chi connectivity index (χ1v) is 15.9. The third kappa shape index (κ3) is 7.27. The Balaban J connectivity index is 1.22. The number of carbonyl (C=O) groups excluding carboxylic acids is 4. The van der Waals surface area contributed by atoms with Crippen molar-refractivity contribution in [2.45, 2.75) is 39.2 Å². The SMILES string of the molecule is Cc1cc(C(=O)N2CCCCNC(=O)[C@H](Cc3c[nH]c4ccccc34)NC(=O)c3cccc(n3)NCCNC(=O)C2)c2c(C)noc2n1. The maximum absolute atomic E-state index is 13.9. The predicted molar refractivity (Wildman–Crippen MR) is 178 cm³/mol. The molecule has 4 aromatic heterocycles.